The molecular formula is C17H28ClN3O. The van der Waals surface area contributed by atoms with Crippen molar-refractivity contribution in [2.45, 2.75) is 32.7 Å². The van der Waals surface area contributed by atoms with Crippen LogP contribution in [0.3, 0.4) is 0 Å². The number of carbonyl (C=O) groups is 1. The molecule has 1 saturated heterocycles. The van der Waals surface area contributed by atoms with Gasteiger partial charge in [0, 0.05) is 19.2 Å². The highest BCUT2D eigenvalue weighted by molar-refractivity contribution is 5.88. The second kappa shape index (κ2) is 9.82. The molecule has 0 aliphatic carbocycles. The van der Waals surface area contributed by atoms with Gasteiger partial charge >= 0.3 is 0 Å². The van der Waals surface area contributed by atoms with Crippen molar-refractivity contribution in [1.82, 2.24) is 10.2 Å². The van der Waals surface area contributed by atoms with Crippen LogP contribution in [0.25, 0.3) is 0 Å². The molecule has 1 heterocycles. The van der Waals surface area contributed by atoms with Gasteiger partial charge in [0.05, 0.1) is 0 Å². The van der Waals surface area contributed by atoms with Crippen LogP contribution in [0.5, 0.6) is 0 Å². The third-order valence-corrected chi connectivity index (χ3v) is 4.19. The maximum absolute atomic E-state index is 11.0. The van der Waals surface area contributed by atoms with Crippen LogP contribution in [0.15, 0.2) is 24.3 Å². The maximum Gasteiger partial charge on any atom is 0.221 e. The summed E-state index contributed by atoms with van der Waals surface area (Å²) < 4.78 is 0. The number of halogens is 1. The highest BCUT2D eigenvalue weighted by Gasteiger charge is 2.18. The molecule has 0 saturated carbocycles. The number of amides is 1. The van der Waals surface area contributed by atoms with Gasteiger partial charge in [-0.15, -0.1) is 12.4 Å². The van der Waals surface area contributed by atoms with Crippen LogP contribution in [0.4, 0.5) is 5.69 Å². The van der Waals surface area contributed by atoms with Crippen LogP contribution in [-0.2, 0) is 11.3 Å². The SMILES string of the molecule is CNCCC1CCN(Cc2ccc(NC(C)=O)cc2)CC1.Cl. The molecule has 0 atom stereocenters. The van der Waals surface area contributed by atoms with E-state index >= 15 is 0 Å². The van der Waals surface area contributed by atoms with E-state index in [1.807, 2.05) is 19.2 Å². The Kier molecular flexibility index (Phi) is 8.46. The molecule has 5 heteroatoms. The molecule has 0 bridgehead atoms. The van der Waals surface area contributed by atoms with Crippen molar-refractivity contribution in [3.05, 3.63) is 29.8 Å². The third kappa shape index (κ3) is 6.34. The summed E-state index contributed by atoms with van der Waals surface area (Å²) in [6.45, 7) is 6.07. The van der Waals surface area contributed by atoms with Crippen molar-refractivity contribution < 1.29 is 4.79 Å². The molecule has 0 radical (unpaired) electrons. The van der Waals surface area contributed by atoms with E-state index in [2.05, 4.69) is 27.7 Å². The summed E-state index contributed by atoms with van der Waals surface area (Å²) in [6.07, 6.45) is 3.92. The van der Waals surface area contributed by atoms with Crippen molar-refractivity contribution >= 4 is 24.0 Å². The smallest absolute Gasteiger partial charge is 0.221 e. The summed E-state index contributed by atoms with van der Waals surface area (Å²) in [6, 6.07) is 8.18. The number of nitrogens with one attached hydrogen (secondary N) is 2. The first-order chi connectivity index (χ1) is 10.2. The largest absolute Gasteiger partial charge is 0.326 e. The first-order valence-electron chi connectivity index (χ1n) is 7.91. The average molecular weight is 326 g/mol. The van der Waals surface area contributed by atoms with Crippen molar-refractivity contribution in [2.75, 3.05) is 32.0 Å². The molecule has 0 spiro atoms. The number of piperidine rings is 1. The zero-order valence-corrected chi connectivity index (χ0v) is 14.4. The molecule has 4 nitrogen and oxygen atoms in total. The van der Waals surface area contributed by atoms with Gasteiger partial charge in [-0.1, -0.05) is 12.1 Å². The predicted octanol–water partition coefficient (Wildman–Crippen LogP) is 2.89. The fourth-order valence-corrected chi connectivity index (χ4v) is 2.94. The normalized spacial score (nSPS) is 16.1. The molecule has 0 aromatic heterocycles. The van der Waals surface area contributed by atoms with Crippen molar-refractivity contribution in [3.8, 4) is 0 Å². The van der Waals surface area contributed by atoms with Crippen molar-refractivity contribution in [3.63, 3.8) is 0 Å². The first kappa shape index (κ1) is 18.9. The summed E-state index contributed by atoms with van der Waals surface area (Å²) in [5.41, 5.74) is 2.19. The van der Waals surface area contributed by atoms with E-state index in [9.17, 15) is 4.79 Å². The van der Waals surface area contributed by atoms with Crippen LogP contribution in [0, 0.1) is 5.92 Å². The lowest BCUT2D eigenvalue weighted by atomic mass is 9.93. The van der Waals surface area contributed by atoms with Crippen LogP contribution in [0.1, 0.15) is 31.7 Å². The molecular weight excluding hydrogens is 298 g/mol. The Balaban J connectivity index is 0.00000242. The fraction of sp³-hybridized carbons (Fsp3) is 0.588. The number of hydrogen-bond acceptors (Lipinski definition) is 3. The minimum Gasteiger partial charge on any atom is -0.326 e. The highest BCUT2D eigenvalue weighted by atomic mass is 35.5. The van der Waals surface area contributed by atoms with Gasteiger partial charge in [0.15, 0.2) is 0 Å². The molecule has 1 aliphatic heterocycles. The molecule has 1 fully saturated rings. The van der Waals surface area contributed by atoms with Crippen molar-refractivity contribution in [1.29, 1.82) is 0 Å². The van der Waals surface area contributed by atoms with E-state index in [0.29, 0.717) is 0 Å². The first-order valence-corrected chi connectivity index (χ1v) is 7.91. The topological polar surface area (TPSA) is 44.4 Å². The Hall–Kier alpha value is -1.10. The fourth-order valence-electron chi connectivity index (χ4n) is 2.94. The van der Waals surface area contributed by atoms with E-state index in [-0.39, 0.29) is 18.3 Å². The minimum absolute atomic E-state index is 0. The molecule has 1 aromatic rings. The molecule has 2 rings (SSSR count). The quantitative estimate of drug-likeness (QED) is 0.845. The van der Waals surface area contributed by atoms with E-state index < -0.39 is 0 Å². The van der Waals surface area contributed by atoms with Gasteiger partial charge in [-0.05, 0) is 69.6 Å². The number of nitrogens with zero attached hydrogens (tertiary/aromatic N) is 1. The van der Waals surface area contributed by atoms with Crippen LogP contribution >= 0.6 is 12.4 Å². The lowest BCUT2D eigenvalue weighted by Gasteiger charge is -2.32. The van der Waals surface area contributed by atoms with E-state index in [1.165, 1.54) is 44.8 Å². The number of likely N-dealkylation sites (tertiary alicyclic amines) is 1. The summed E-state index contributed by atoms with van der Waals surface area (Å²) in [7, 11) is 2.03. The summed E-state index contributed by atoms with van der Waals surface area (Å²) in [4.78, 5) is 13.5. The molecule has 1 amide bonds. The molecule has 22 heavy (non-hydrogen) atoms. The second-order valence-corrected chi connectivity index (χ2v) is 5.99. The summed E-state index contributed by atoms with van der Waals surface area (Å²) in [5.74, 6) is 0.863. The van der Waals surface area contributed by atoms with Gasteiger partial charge in [-0.25, -0.2) is 0 Å². The van der Waals surface area contributed by atoms with E-state index in [1.54, 1.807) is 0 Å². The lowest BCUT2D eigenvalue weighted by molar-refractivity contribution is -0.114. The zero-order chi connectivity index (χ0) is 15.1. The predicted molar refractivity (Wildman–Crippen MR) is 94.5 cm³/mol. The van der Waals surface area contributed by atoms with Gasteiger partial charge in [0.1, 0.15) is 0 Å². The number of anilines is 1. The molecule has 124 valence electrons. The van der Waals surface area contributed by atoms with Gasteiger partial charge in [-0.3, -0.25) is 9.69 Å². The number of benzene rings is 1. The van der Waals surface area contributed by atoms with Gasteiger partial charge in [0.2, 0.25) is 5.91 Å². The van der Waals surface area contributed by atoms with E-state index in [4.69, 9.17) is 0 Å². The third-order valence-electron chi connectivity index (χ3n) is 4.19. The minimum atomic E-state index is -0.0219. The zero-order valence-electron chi connectivity index (χ0n) is 13.6. The van der Waals surface area contributed by atoms with Crippen LogP contribution in [-0.4, -0.2) is 37.5 Å². The summed E-state index contributed by atoms with van der Waals surface area (Å²) in [5, 5.41) is 6.04. The Morgan fingerprint density at radius 3 is 2.41 bits per heavy atom. The van der Waals surface area contributed by atoms with E-state index in [0.717, 1.165) is 24.7 Å². The molecule has 1 aliphatic rings. The second-order valence-electron chi connectivity index (χ2n) is 5.99. The lowest BCUT2D eigenvalue weighted by Crippen LogP contribution is -2.34. The number of hydrogen-bond donors (Lipinski definition) is 2. The summed E-state index contributed by atoms with van der Waals surface area (Å²) >= 11 is 0. The maximum atomic E-state index is 11.0. The average Bonchev–Trinajstić information content (AvgIpc) is 2.48. The Morgan fingerprint density at radius 2 is 1.86 bits per heavy atom. The molecule has 2 N–H and O–H groups in total. The Bertz CT molecular complexity index is 442. The van der Waals surface area contributed by atoms with Crippen LogP contribution in [0.2, 0.25) is 0 Å². The standard InChI is InChI=1S/C17H27N3O.ClH/c1-14(21)19-17-5-3-16(4-6-17)13-20-11-8-15(9-12-20)7-10-18-2;/h3-6,15,18H,7-13H2,1-2H3,(H,19,21);1H. The van der Waals surface area contributed by atoms with Gasteiger partial charge < -0.3 is 10.6 Å². The van der Waals surface area contributed by atoms with Gasteiger partial charge in [-0.2, -0.15) is 0 Å². The molecule has 0 unspecified atom stereocenters. The van der Waals surface area contributed by atoms with Gasteiger partial charge in [0.25, 0.3) is 0 Å². The Morgan fingerprint density at radius 1 is 1.23 bits per heavy atom. The van der Waals surface area contributed by atoms with Crippen LogP contribution < -0.4 is 10.6 Å². The number of carbonyl (C=O) groups excluding carboxylic acids is 1. The Labute approximate surface area is 140 Å². The molecule has 1 aromatic carbocycles. The van der Waals surface area contributed by atoms with Crippen molar-refractivity contribution in [2.24, 2.45) is 5.92 Å². The highest BCUT2D eigenvalue weighted by Crippen LogP contribution is 2.21. The monoisotopic (exact) mass is 325 g/mol. The number of rotatable bonds is 6.